The molecule has 1 fully saturated rings. The van der Waals surface area contributed by atoms with E-state index in [0.717, 1.165) is 38.4 Å². The Bertz CT molecular complexity index is 339. The van der Waals surface area contributed by atoms with Gasteiger partial charge in [-0.1, -0.05) is 27.7 Å². The third-order valence-corrected chi connectivity index (χ3v) is 3.57. The average molecular weight is 282 g/mol. The molecule has 1 atom stereocenters. The summed E-state index contributed by atoms with van der Waals surface area (Å²) in [6.45, 7) is 10.9. The van der Waals surface area contributed by atoms with Crippen LogP contribution in [0.1, 0.15) is 40.5 Å². The fraction of sp³-hybridized carbons (Fsp3) is 0.867. The summed E-state index contributed by atoms with van der Waals surface area (Å²) < 4.78 is 0. The first kappa shape index (κ1) is 16.8. The van der Waals surface area contributed by atoms with Crippen LogP contribution in [0.15, 0.2) is 4.99 Å². The Morgan fingerprint density at radius 1 is 1.35 bits per heavy atom. The van der Waals surface area contributed by atoms with Crippen LogP contribution in [-0.4, -0.2) is 49.5 Å². The second-order valence-corrected chi connectivity index (χ2v) is 6.25. The largest absolute Gasteiger partial charge is 0.356 e. The van der Waals surface area contributed by atoms with E-state index >= 15 is 0 Å². The number of amides is 1. The molecular formula is C15H30N4O. The lowest BCUT2D eigenvalue weighted by Gasteiger charge is -2.20. The van der Waals surface area contributed by atoms with Gasteiger partial charge in [0.05, 0.1) is 0 Å². The van der Waals surface area contributed by atoms with Crippen LogP contribution in [0.5, 0.6) is 0 Å². The summed E-state index contributed by atoms with van der Waals surface area (Å²) in [6, 6.07) is 0.308. The molecule has 0 aromatic rings. The lowest BCUT2D eigenvalue weighted by atomic mass is 10.1. The third-order valence-electron chi connectivity index (χ3n) is 3.57. The maximum atomic E-state index is 11.9. The van der Waals surface area contributed by atoms with Crippen molar-refractivity contribution < 1.29 is 4.79 Å². The number of guanidine groups is 1. The van der Waals surface area contributed by atoms with E-state index in [9.17, 15) is 4.79 Å². The first-order valence-electron chi connectivity index (χ1n) is 7.70. The van der Waals surface area contributed by atoms with Gasteiger partial charge in [-0.05, 0) is 18.8 Å². The van der Waals surface area contributed by atoms with Gasteiger partial charge < -0.3 is 15.5 Å². The van der Waals surface area contributed by atoms with Crippen molar-refractivity contribution in [3.8, 4) is 0 Å². The highest BCUT2D eigenvalue weighted by molar-refractivity contribution is 5.81. The molecule has 5 nitrogen and oxygen atoms in total. The van der Waals surface area contributed by atoms with E-state index < -0.39 is 0 Å². The molecule has 1 aliphatic rings. The molecule has 0 aliphatic carbocycles. The fourth-order valence-electron chi connectivity index (χ4n) is 2.31. The standard InChI is InChI=1S/C15H30N4O/c1-11(2)6-8-17-15(16-5)18-13-7-9-19(10-13)14(20)12(3)4/h11-13H,6-10H2,1-5H3,(H2,16,17,18). The van der Waals surface area contributed by atoms with E-state index in [1.165, 1.54) is 0 Å². The van der Waals surface area contributed by atoms with E-state index in [1.54, 1.807) is 7.05 Å². The molecule has 0 saturated carbocycles. The van der Waals surface area contributed by atoms with Crippen molar-refractivity contribution in [3.63, 3.8) is 0 Å². The highest BCUT2D eigenvalue weighted by Crippen LogP contribution is 2.12. The van der Waals surface area contributed by atoms with Crippen LogP contribution in [0.25, 0.3) is 0 Å². The molecule has 116 valence electrons. The molecule has 20 heavy (non-hydrogen) atoms. The highest BCUT2D eigenvalue weighted by Gasteiger charge is 2.27. The molecule has 1 unspecified atom stereocenters. The molecule has 5 heteroatoms. The van der Waals surface area contributed by atoms with E-state index in [0.29, 0.717) is 12.0 Å². The van der Waals surface area contributed by atoms with Crippen LogP contribution >= 0.6 is 0 Å². The van der Waals surface area contributed by atoms with E-state index in [2.05, 4.69) is 29.5 Å². The first-order chi connectivity index (χ1) is 9.43. The Morgan fingerprint density at radius 2 is 2.05 bits per heavy atom. The zero-order valence-electron chi connectivity index (χ0n) is 13.6. The molecular weight excluding hydrogens is 252 g/mol. The van der Waals surface area contributed by atoms with Crippen LogP contribution in [0.3, 0.4) is 0 Å². The second-order valence-electron chi connectivity index (χ2n) is 6.25. The van der Waals surface area contributed by atoms with Crippen molar-refractivity contribution in [1.29, 1.82) is 0 Å². The summed E-state index contributed by atoms with van der Waals surface area (Å²) in [5.41, 5.74) is 0. The minimum Gasteiger partial charge on any atom is -0.356 e. The van der Waals surface area contributed by atoms with Crippen LogP contribution in [-0.2, 0) is 4.79 Å². The van der Waals surface area contributed by atoms with Crippen molar-refractivity contribution in [2.24, 2.45) is 16.8 Å². The molecule has 0 aromatic carbocycles. The van der Waals surface area contributed by atoms with Gasteiger partial charge in [-0.2, -0.15) is 0 Å². The lowest BCUT2D eigenvalue weighted by molar-refractivity contribution is -0.133. The summed E-state index contributed by atoms with van der Waals surface area (Å²) in [4.78, 5) is 18.1. The number of carbonyl (C=O) groups excluding carboxylic acids is 1. The zero-order chi connectivity index (χ0) is 15.1. The van der Waals surface area contributed by atoms with Crippen LogP contribution in [0, 0.1) is 11.8 Å². The summed E-state index contributed by atoms with van der Waals surface area (Å²) in [6.07, 6.45) is 2.12. The summed E-state index contributed by atoms with van der Waals surface area (Å²) >= 11 is 0. The SMILES string of the molecule is CN=C(NCCC(C)C)NC1CCN(C(=O)C(C)C)C1. The van der Waals surface area contributed by atoms with Crippen molar-refractivity contribution in [3.05, 3.63) is 0 Å². The molecule has 1 rings (SSSR count). The van der Waals surface area contributed by atoms with Gasteiger partial charge in [0.2, 0.25) is 5.91 Å². The number of hydrogen-bond donors (Lipinski definition) is 2. The minimum atomic E-state index is 0.0808. The van der Waals surface area contributed by atoms with Gasteiger partial charge in [-0.25, -0.2) is 0 Å². The van der Waals surface area contributed by atoms with Crippen LogP contribution in [0.4, 0.5) is 0 Å². The van der Waals surface area contributed by atoms with Crippen molar-refractivity contribution >= 4 is 11.9 Å². The van der Waals surface area contributed by atoms with Gasteiger partial charge in [-0.3, -0.25) is 9.79 Å². The summed E-state index contributed by atoms with van der Waals surface area (Å²) in [5.74, 6) is 1.86. The number of nitrogens with one attached hydrogen (secondary N) is 2. The normalized spacial score (nSPS) is 19.9. The predicted molar refractivity (Wildman–Crippen MR) is 83.8 cm³/mol. The summed E-state index contributed by atoms with van der Waals surface area (Å²) in [7, 11) is 1.79. The Labute approximate surface area is 123 Å². The number of likely N-dealkylation sites (tertiary alicyclic amines) is 1. The smallest absolute Gasteiger partial charge is 0.225 e. The molecule has 0 radical (unpaired) electrons. The van der Waals surface area contributed by atoms with E-state index in [-0.39, 0.29) is 11.8 Å². The van der Waals surface area contributed by atoms with E-state index in [4.69, 9.17) is 0 Å². The fourth-order valence-corrected chi connectivity index (χ4v) is 2.31. The van der Waals surface area contributed by atoms with Gasteiger partial charge in [0.15, 0.2) is 5.96 Å². The third kappa shape index (κ3) is 5.39. The number of nitrogens with zero attached hydrogens (tertiary/aromatic N) is 2. The Morgan fingerprint density at radius 3 is 2.60 bits per heavy atom. The average Bonchev–Trinajstić information content (AvgIpc) is 2.84. The van der Waals surface area contributed by atoms with Crippen molar-refractivity contribution in [1.82, 2.24) is 15.5 Å². The maximum absolute atomic E-state index is 11.9. The highest BCUT2D eigenvalue weighted by atomic mass is 16.2. The van der Waals surface area contributed by atoms with Crippen molar-refractivity contribution in [2.75, 3.05) is 26.7 Å². The molecule has 0 spiro atoms. The van der Waals surface area contributed by atoms with Gasteiger partial charge in [-0.15, -0.1) is 0 Å². The molecule has 0 aromatic heterocycles. The maximum Gasteiger partial charge on any atom is 0.225 e. The minimum absolute atomic E-state index is 0.0808. The van der Waals surface area contributed by atoms with E-state index in [1.807, 2.05) is 18.7 Å². The molecule has 2 N–H and O–H groups in total. The quantitative estimate of drug-likeness (QED) is 0.593. The van der Waals surface area contributed by atoms with Crippen LogP contribution in [0.2, 0.25) is 0 Å². The van der Waals surface area contributed by atoms with Gasteiger partial charge in [0, 0.05) is 38.6 Å². The number of aliphatic imine (C=N–C) groups is 1. The topological polar surface area (TPSA) is 56.7 Å². The molecule has 1 heterocycles. The van der Waals surface area contributed by atoms with Crippen molar-refractivity contribution in [2.45, 2.75) is 46.6 Å². The van der Waals surface area contributed by atoms with Gasteiger partial charge in [0.1, 0.15) is 0 Å². The Balaban J connectivity index is 2.35. The molecule has 0 bridgehead atoms. The first-order valence-corrected chi connectivity index (χ1v) is 7.70. The lowest BCUT2D eigenvalue weighted by Crippen LogP contribution is -2.45. The monoisotopic (exact) mass is 282 g/mol. The molecule has 1 aliphatic heterocycles. The molecule has 1 amide bonds. The van der Waals surface area contributed by atoms with Gasteiger partial charge in [0.25, 0.3) is 0 Å². The predicted octanol–water partition coefficient (Wildman–Crippen LogP) is 1.45. The number of hydrogen-bond acceptors (Lipinski definition) is 2. The number of rotatable bonds is 5. The van der Waals surface area contributed by atoms with Gasteiger partial charge >= 0.3 is 0 Å². The molecule has 1 saturated heterocycles. The van der Waals surface area contributed by atoms with Crippen LogP contribution < -0.4 is 10.6 Å². The second kappa shape index (κ2) is 8.12. The zero-order valence-corrected chi connectivity index (χ0v) is 13.6. The number of carbonyl (C=O) groups is 1. The Kier molecular flexibility index (Phi) is 6.82. The summed E-state index contributed by atoms with van der Waals surface area (Å²) in [5, 5.41) is 6.74. The Hall–Kier alpha value is -1.26.